The van der Waals surface area contributed by atoms with E-state index in [9.17, 15) is 0 Å². The highest BCUT2D eigenvalue weighted by Gasteiger charge is 2.08. The first-order valence-electron chi connectivity index (χ1n) is 4.48. The van der Waals surface area contributed by atoms with Crippen molar-refractivity contribution in [2.24, 2.45) is 0 Å². The second-order valence-electron chi connectivity index (χ2n) is 2.44. The molecule has 14 heavy (non-hydrogen) atoms. The summed E-state index contributed by atoms with van der Waals surface area (Å²) in [6.45, 7) is 4.17. The van der Waals surface area contributed by atoms with Crippen molar-refractivity contribution in [3.8, 4) is 0 Å². The van der Waals surface area contributed by atoms with E-state index in [1.54, 1.807) is 5.70 Å². The highest BCUT2D eigenvalue weighted by atomic mass is 28.2. The first-order chi connectivity index (χ1) is 6.85. The highest BCUT2D eigenvalue weighted by Crippen LogP contribution is 1.95. The number of aliphatic hydroxyl groups is 2. The Labute approximate surface area is 86.2 Å². The summed E-state index contributed by atoms with van der Waals surface area (Å²) in [6.07, 6.45) is -0.512. The fourth-order valence-corrected chi connectivity index (χ4v) is 1.26. The minimum Gasteiger partial charge on any atom is -0.414 e. The molecule has 0 aliphatic carbocycles. The van der Waals surface area contributed by atoms with E-state index in [4.69, 9.17) is 24.1 Å². The van der Waals surface area contributed by atoms with Crippen molar-refractivity contribution in [2.45, 2.75) is 6.29 Å². The van der Waals surface area contributed by atoms with Crippen LogP contribution < -0.4 is 0 Å². The van der Waals surface area contributed by atoms with E-state index in [-0.39, 0.29) is 26.4 Å². The van der Waals surface area contributed by atoms with Gasteiger partial charge in [-0.2, -0.15) is 0 Å². The van der Waals surface area contributed by atoms with Gasteiger partial charge < -0.3 is 24.1 Å². The number of hydrogen-bond acceptors (Lipinski definition) is 5. The highest BCUT2D eigenvalue weighted by molar-refractivity contribution is 6.34. The van der Waals surface area contributed by atoms with Gasteiger partial charge >= 0.3 is 0 Å². The van der Waals surface area contributed by atoms with Crippen LogP contribution in [0.2, 0.25) is 0 Å². The average molecular weight is 222 g/mol. The first-order valence-corrected chi connectivity index (χ1v) is 5.88. The molecule has 6 heteroatoms. The van der Waals surface area contributed by atoms with Gasteiger partial charge in [0.2, 0.25) is 0 Å². The molecule has 0 aromatic carbocycles. The van der Waals surface area contributed by atoms with E-state index in [2.05, 4.69) is 6.58 Å². The average Bonchev–Trinajstić information content (AvgIpc) is 2.21. The third-order valence-corrected chi connectivity index (χ3v) is 1.99. The maximum atomic E-state index is 8.53. The molecule has 5 nitrogen and oxygen atoms in total. The fourth-order valence-electron chi connectivity index (χ4n) is 0.760. The molecule has 0 saturated heterocycles. The molecule has 0 aromatic rings. The predicted octanol–water partition coefficient (Wildman–Crippen LogP) is -1.43. The molecule has 0 amide bonds. The Balaban J connectivity index is 3.54. The van der Waals surface area contributed by atoms with Crippen molar-refractivity contribution in [3.05, 3.63) is 12.3 Å². The third-order valence-electron chi connectivity index (χ3n) is 1.28. The summed E-state index contributed by atoms with van der Waals surface area (Å²) in [7, 11) is -0.689. The maximum absolute atomic E-state index is 8.53. The summed E-state index contributed by atoms with van der Waals surface area (Å²) >= 11 is 0. The molecule has 0 atom stereocenters. The number of ether oxygens (including phenoxy) is 2. The zero-order chi connectivity index (χ0) is 10.6. The summed E-state index contributed by atoms with van der Waals surface area (Å²) < 4.78 is 15.5. The van der Waals surface area contributed by atoms with Gasteiger partial charge in [0.05, 0.1) is 33.0 Å². The monoisotopic (exact) mass is 222 g/mol. The van der Waals surface area contributed by atoms with Crippen LogP contribution in [0.5, 0.6) is 0 Å². The van der Waals surface area contributed by atoms with E-state index >= 15 is 0 Å². The summed E-state index contributed by atoms with van der Waals surface area (Å²) in [4.78, 5) is 0. The molecule has 2 N–H and O–H groups in total. The van der Waals surface area contributed by atoms with Gasteiger partial charge in [-0.25, -0.2) is 0 Å². The van der Waals surface area contributed by atoms with Gasteiger partial charge in [-0.3, -0.25) is 0 Å². The molecule has 0 spiro atoms. The van der Waals surface area contributed by atoms with Crippen LogP contribution in [0.15, 0.2) is 12.3 Å². The van der Waals surface area contributed by atoms with Crippen LogP contribution in [0.3, 0.4) is 0 Å². The van der Waals surface area contributed by atoms with E-state index in [0.717, 1.165) is 0 Å². The van der Waals surface area contributed by atoms with E-state index in [0.29, 0.717) is 6.61 Å². The molecule has 0 radical (unpaired) electrons. The molecule has 0 fully saturated rings. The lowest BCUT2D eigenvalue weighted by Gasteiger charge is -2.17. The van der Waals surface area contributed by atoms with Crippen LogP contribution in [-0.2, 0) is 13.9 Å². The van der Waals surface area contributed by atoms with Crippen molar-refractivity contribution in [2.75, 3.05) is 33.0 Å². The van der Waals surface area contributed by atoms with Gasteiger partial charge in [0, 0.05) is 0 Å². The summed E-state index contributed by atoms with van der Waals surface area (Å²) in [6, 6.07) is 0. The van der Waals surface area contributed by atoms with Gasteiger partial charge in [-0.15, -0.1) is 6.58 Å². The topological polar surface area (TPSA) is 68.2 Å². The Morgan fingerprint density at radius 3 is 2.21 bits per heavy atom. The quantitative estimate of drug-likeness (QED) is 0.270. The van der Waals surface area contributed by atoms with Crippen molar-refractivity contribution < 1.29 is 24.1 Å². The molecule has 0 aliphatic rings. The Morgan fingerprint density at radius 2 is 1.79 bits per heavy atom. The van der Waals surface area contributed by atoms with Crippen molar-refractivity contribution >= 4 is 9.76 Å². The molecule has 0 rings (SSSR count). The molecular formula is C8H18O5Si. The summed E-state index contributed by atoms with van der Waals surface area (Å²) in [5.41, 5.74) is 1.76. The lowest BCUT2D eigenvalue weighted by molar-refractivity contribution is -0.166. The molecule has 84 valence electrons. The Bertz CT molecular complexity index is 125. The van der Waals surface area contributed by atoms with E-state index < -0.39 is 16.1 Å². The van der Waals surface area contributed by atoms with Crippen LogP contribution in [0, 0.1) is 0 Å². The minimum absolute atomic E-state index is 0.0577. The van der Waals surface area contributed by atoms with Crippen LogP contribution in [-0.4, -0.2) is 59.3 Å². The van der Waals surface area contributed by atoms with E-state index in [1.165, 1.54) is 0 Å². The van der Waals surface area contributed by atoms with Gasteiger partial charge in [-0.1, -0.05) is 5.70 Å². The van der Waals surface area contributed by atoms with E-state index in [1.807, 2.05) is 0 Å². The SMILES string of the molecule is C=C[SiH2]OCC(OCCO)OCCO. The molecule has 0 bridgehead atoms. The molecule has 0 heterocycles. The zero-order valence-corrected chi connectivity index (χ0v) is 9.64. The standard InChI is InChI=1S/C8H18O5Si/c1-2-14-13-7-8(11-5-3-9)12-6-4-10/h2,8-10H,1,3-7,14H2. The lowest BCUT2D eigenvalue weighted by atomic mass is 10.6. The van der Waals surface area contributed by atoms with Crippen LogP contribution >= 0.6 is 0 Å². The molecule has 0 unspecified atom stereocenters. The fraction of sp³-hybridized carbons (Fsp3) is 0.750. The number of aliphatic hydroxyl groups excluding tert-OH is 2. The summed E-state index contributed by atoms with van der Waals surface area (Å²) in [5.74, 6) is 0. The second-order valence-corrected chi connectivity index (χ2v) is 3.76. The smallest absolute Gasteiger partial charge is 0.184 e. The lowest BCUT2D eigenvalue weighted by Crippen LogP contribution is -2.26. The number of hydrogen-bond donors (Lipinski definition) is 2. The Kier molecular flexibility index (Phi) is 10.6. The normalized spacial score (nSPS) is 11.6. The third kappa shape index (κ3) is 8.36. The molecule has 0 saturated carbocycles. The van der Waals surface area contributed by atoms with Crippen molar-refractivity contribution in [3.63, 3.8) is 0 Å². The Morgan fingerprint density at radius 1 is 1.21 bits per heavy atom. The Hall–Kier alpha value is -0.243. The molecule has 0 aromatic heterocycles. The van der Waals surface area contributed by atoms with Gasteiger partial charge in [-0.05, 0) is 0 Å². The van der Waals surface area contributed by atoms with Crippen LogP contribution in [0.25, 0.3) is 0 Å². The van der Waals surface area contributed by atoms with Crippen LogP contribution in [0.4, 0.5) is 0 Å². The molecular weight excluding hydrogens is 204 g/mol. The maximum Gasteiger partial charge on any atom is 0.184 e. The van der Waals surface area contributed by atoms with Crippen LogP contribution in [0.1, 0.15) is 0 Å². The molecule has 0 aliphatic heterocycles. The first kappa shape index (κ1) is 13.8. The number of rotatable bonds is 10. The zero-order valence-electron chi connectivity index (χ0n) is 8.22. The predicted molar refractivity (Wildman–Crippen MR) is 54.6 cm³/mol. The largest absolute Gasteiger partial charge is 0.414 e. The summed E-state index contributed by atoms with van der Waals surface area (Å²) in [5, 5.41) is 17.1. The van der Waals surface area contributed by atoms with Gasteiger partial charge in [0.25, 0.3) is 0 Å². The van der Waals surface area contributed by atoms with Crippen molar-refractivity contribution in [1.82, 2.24) is 0 Å². The second kappa shape index (κ2) is 10.8. The van der Waals surface area contributed by atoms with Gasteiger partial charge in [0.1, 0.15) is 0 Å². The van der Waals surface area contributed by atoms with Crippen molar-refractivity contribution in [1.29, 1.82) is 0 Å². The van der Waals surface area contributed by atoms with Gasteiger partial charge in [0.15, 0.2) is 16.1 Å². The minimum atomic E-state index is -0.689.